The molecule has 0 fully saturated rings. The fourth-order valence-electron chi connectivity index (χ4n) is 1.80. The molecule has 0 spiro atoms. The monoisotopic (exact) mass is 242 g/mol. The van der Waals surface area contributed by atoms with Crippen LogP contribution in [0.1, 0.15) is 25.5 Å². The molecule has 0 heterocycles. The quantitative estimate of drug-likeness (QED) is 0.852. The third-order valence-corrected chi connectivity index (χ3v) is 2.88. The lowest BCUT2D eigenvalue weighted by molar-refractivity contribution is 0.369. The Kier molecular flexibility index (Phi) is 4.19. The minimum Gasteiger partial charge on any atom is -0.497 e. The highest BCUT2D eigenvalue weighted by Gasteiger charge is 2.26. The van der Waals surface area contributed by atoms with E-state index >= 15 is 0 Å². The van der Waals surface area contributed by atoms with E-state index in [2.05, 4.69) is 5.32 Å². The predicted octanol–water partition coefficient (Wildman–Crippen LogP) is 2.35. The van der Waals surface area contributed by atoms with E-state index in [0.717, 1.165) is 11.3 Å². The van der Waals surface area contributed by atoms with Gasteiger partial charge in [0.05, 0.1) is 13.2 Å². The summed E-state index contributed by atoms with van der Waals surface area (Å²) in [5, 5.41) is 3.85. The molecule has 0 saturated heterocycles. The van der Waals surface area contributed by atoms with Crippen molar-refractivity contribution in [3.8, 4) is 5.75 Å². The van der Waals surface area contributed by atoms with Crippen LogP contribution in [0.25, 0.3) is 0 Å². The SMILES string of the molecule is CNC(c1ccc(OC)cc1Cl)C(C)(C)N. The second kappa shape index (κ2) is 5.04. The van der Waals surface area contributed by atoms with Gasteiger partial charge in [0.1, 0.15) is 5.75 Å². The average molecular weight is 243 g/mol. The van der Waals surface area contributed by atoms with Crippen LogP contribution in [-0.4, -0.2) is 19.7 Å². The maximum absolute atomic E-state index is 6.21. The Morgan fingerprint density at radius 1 is 1.44 bits per heavy atom. The zero-order valence-electron chi connectivity index (χ0n) is 10.2. The first-order valence-corrected chi connectivity index (χ1v) is 5.57. The van der Waals surface area contributed by atoms with E-state index in [-0.39, 0.29) is 11.6 Å². The second-order valence-corrected chi connectivity index (χ2v) is 4.84. The van der Waals surface area contributed by atoms with Crippen molar-refractivity contribution in [2.75, 3.05) is 14.2 Å². The summed E-state index contributed by atoms with van der Waals surface area (Å²) in [6.45, 7) is 3.93. The fourth-order valence-corrected chi connectivity index (χ4v) is 2.08. The number of likely N-dealkylation sites (N-methyl/N-ethyl adjacent to an activating group) is 1. The summed E-state index contributed by atoms with van der Waals surface area (Å²) in [4.78, 5) is 0. The van der Waals surface area contributed by atoms with Crippen LogP contribution in [0.4, 0.5) is 0 Å². The minimum atomic E-state index is -0.382. The molecule has 0 aromatic heterocycles. The molecular weight excluding hydrogens is 224 g/mol. The van der Waals surface area contributed by atoms with Crippen molar-refractivity contribution < 1.29 is 4.74 Å². The molecular formula is C12H19ClN2O. The second-order valence-electron chi connectivity index (χ2n) is 4.43. The highest BCUT2D eigenvalue weighted by atomic mass is 35.5. The van der Waals surface area contributed by atoms with Crippen molar-refractivity contribution in [2.24, 2.45) is 5.73 Å². The van der Waals surface area contributed by atoms with Crippen LogP contribution in [0.2, 0.25) is 5.02 Å². The number of hydrogen-bond donors (Lipinski definition) is 2. The van der Waals surface area contributed by atoms with Gasteiger partial charge in [0.25, 0.3) is 0 Å². The molecule has 1 aromatic rings. The van der Waals surface area contributed by atoms with Crippen LogP contribution in [0.3, 0.4) is 0 Å². The van der Waals surface area contributed by atoms with E-state index in [0.29, 0.717) is 5.02 Å². The molecule has 90 valence electrons. The number of rotatable bonds is 4. The highest BCUT2D eigenvalue weighted by Crippen LogP contribution is 2.31. The summed E-state index contributed by atoms with van der Waals surface area (Å²) in [5.41, 5.74) is 6.71. The Morgan fingerprint density at radius 2 is 2.06 bits per heavy atom. The minimum absolute atomic E-state index is 0.00547. The zero-order chi connectivity index (χ0) is 12.3. The molecule has 1 atom stereocenters. The maximum atomic E-state index is 6.21. The predicted molar refractivity (Wildman–Crippen MR) is 68.1 cm³/mol. The lowest BCUT2D eigenvalue weighted by Crippen LogP contribution is -2.45. The van der Waals surface area contributed by atoms with Crippen molar-refractivity contribution in [1.29, 1.82) is 0 Å². The summed E-state index contributed by atoms with van der Waals surface area (Å²) in [5.74, 6) is 0.749. The van der Waals surface area contributed by atoms with Gasteiger partial charge in [-0.2, -0.15) is 0 Å². The Hall–Kier alpha value is -0.770. The van der Waals surface area contributed by atoms with Gasteiger partial charge in [-0.25, -0.2) is 0 Å². The number of ether oxygens (including phenoxy) is 1. The van der Waals surface area contributed by atoms with Gasteiger partial charge in [-0.3, -0.25) is 0 Å². The molecule has 1 rings (SSSR count). The number of halogens is 1. The molecule has 0 aliphatic heterocycles. The van der Waals surface area contributed by atoms with Crippen LogP contribution < -0.4 is 15.8 Å². The van der Waals surface area contributed by atoms with Gasteiger partial charge in [0, 0.05) is 10.6 Å². The molecule has 0 saturated carbocycles. The molecule has 3 nitrogen and oxygen atoms in total. The summed E-state index contributed by atoms with van der Waals surface area (Å²) < 4.78 is 5.11. The Morgan fingerprint density at radius 3 is 2.44 bits per heavy atom. The van der Waals surface area contributed by atoms with Gasteiger partial charge in [-0.15, -0.1) is 0 Å². The zero-order valence-corrected chi connectivity index (χ0v) is 10.9. The van der Waals surface area contributed by atoms with Crippen LogP contribution in [-0.2, 0) is 0 Å². The Bertz CT molecular complexity index is 361. The number of nitrogens with two attached hydrogens (primary N) is 1. The fraction of sp³-hybridized carbons (Fsp3) is 0.500. The molecule has 0 bridgehead atoms. The summed E-state index contributed by atoms with van der Waals surface area (Å²) in [7, 11) is 3.49. The molecule has 3 N–H and O–H groups in total. The first-order chi connectivity index (χ1) is 7.40. The van der Waals surface area contributed by atoms with Gasteiger partial charge in [0.15, 0.2) is 0 Å². The highest BCUT2D eigenvalue weighted by molar-refractivity contribution is 6.31. The van der Waals surface area contributed by atoms with Gasteiger partial charge in [-0.1, -0.05) is 17.7 Å². The van der Waals surface area contributed by atoms with Crippen molar-refractivity contribution >= 4 is 11.6 Å². The average Bonchev–Trinajstić information content (AvgIpc) is 2.19. The number of methoxy groups -OCH3 is 1. The molecule has 1 aromatic carbocycles. The summed E-state index contributed by atoms with van der Waals surface area (Å²) >= 11 is 6.21. The first kappa shape index (κ1) is 13.3. The topological polar surface area (TPSA) is 47.3 Å². The third kappa shape index (κ3) is 2.88. The van der Waals surface area contributed by atoms with Gasteiger partial charge < -0.3 is 15.8 Å². The van der Waals surface area contributed by atoms with E-state index in [4.69, 9.17) is 22.1 Å². The molecule has 0 aliphatic carbocycles. The number of hydrogen-bond acceptors (Lipinski definition) is 3. The molecule has 0 amide bonds. The molecule has 1 unspecified atom stereocenters. The largest absolute Gasteiger partial charge is 0.497 e. The lowest BCUT2D eigenvalue weighted by Gasteiger charge is -2.31. The van der Waals surface area contributed by atoms with Crippen molar-refractivity contribution in [3.05, 3.63) is 28.8 Å². The lowest BCUT2D eigenvalue weighted by atomic mass is 9.89. The van der Waals surface area contributed by atoms with Crippen LogP contribution in [0, 0.1) is 0 Å². The van der Waals surface area contributed by atoms with E-state index in [9.17, 15) is 0 Å². The van der Waals surface area contributed by atoms with Gasteiger partial charge in [0.2, 0.25) is 0 Å². The van der Waals surface area contributed by atoms with Crippen LogP contribution >= 0.6 is 11.6 Å². The van der Waals surface area contributed by atoms with E-state index in [1.54, 1.807) is 13.2 Å². The molecule has 16 heavy (non-hydrogen) atoms. The van der Waals surface area contributed by atoms with E-state index in [1.807, 2.05) is 33.0 Å². The molecule has 0 radical (unpaired) electrons. The van der Waals surface area contributed by atoms with Crippen molar-refractivity contribution in [2.45, 2.75) is 25.4 Å². The van der Waals surface area contributed by atoms with Crippen molar-refractivity contribution in [1.82, 2.24) is 5.32 Å². The third-order valence-electron chi connectivity index (χ3n) is 2.55. The Balaban J connectivity index is 3.12. The summed E-state index contributed by atoms with van der Waals surface area (Å²) in [6.07, 6.45) is 0. The summed E-state index contributed by atoms with van der Waals surface area (Å²) in [6, 6.07) is 5.63. The van der Waals surface area contributed by atoms with Crippen LogP contribution in [0.5, 0.6) is 5.75 Å². The maximum Gasteiger partial charge on any atom is 0.120 e. The molecule has 4 heteroatoms. The normalized spacial score (nSPS) is 13.6. The van der Waals surface area contributed by atoms with E-state index < -0.39 is 0 Å². The van der Waals surface area contributed by atoms with Gasteiger partial charge in [-0.05, 0) is 38.6 Å². The van der Waals surface area contributed by atoms with Crippen molar-refractivity contribution in [3.63, 3.8) is 0 Å². The first-order valence-electron chi connectivity index (χ1n) is 5.19. The van der Waals surface area contributed by atoms with Gasteiger partial charge >= 0.3 is 0 Å². The van der Waals surface area contributed by atoms with E-state index in [1.165, 1.54) is 0 Å². The van der Waals surface area contributed by atoms with Crippen LogP contribution in [0.15, 0.2) is 18.2 Å². The smallest absolute Gasteiger partial charge is 0.120 e. The Labute approximate surface area is 102 Å². The molecule has 0 aliphatic rings. The number of benzene rings is 1. The number of nitrogens with one attached hydrogen (secondary N) is 1. The standard InChI is InChI=1S/C12H19ClN2O/c1-12(2,14)11(15-3)9-6-5-8(16-4)7-10(9)13/h5-7,11,15H,14H2,1-4H3.